The highest BCUT2D eigenvalue weighted by molar-refractivity contribution is 5.66. The van der Waals surface area contributed by atoms with Gasteiger partial charge in [0.05, 0.1) is 24.4 Å². The van der Waals surface area contributed by atoms with E-state index in [2.05, 4.69) is 6.08 Å². The Morgan fingerprint density at radius 3 is 2.74 bits per heavy atom. The summed E-state index contributed by atoms with van der Waals surface area (Å²) < 4.78 is 55.3. The minimum absolute atomic E-state index is 0.0882. The lowest BCUT2D eigenvalue weighted by atomic mass is 9.84. The Labute approximate surface area is 179 Å². The minimum atomic E-state index is -4.39. The maximum absolute atomic E-state index is 12.8. The molecule has 0 unspecified atom stereocenters. The zero-order valence-electron chi connectivity index (χ0n) is 17.1. The van der Waals surface area contributed by atoms with Crippen LogP contribution >= 0.6 is 0 Å². The lowest BCUT2D eigenvalue weighted by Gasteiger charge is -2.49. The monoisotopic (exact) mass is 440 g/mol. The first-order chi connectivity index (χ1) is 14.8. The van der Waals surface area contributed by atoms with Crippen molar-refractivity contribution in [3.05, 3.63) is 54.1 Å². The summed E-state index contributed by atoms with van der Waals surface area (Å²) in [4.78, 5) is 10.5. The number of carboxylic acid groups (broad SMARTS) is 1. The van der Waals surface area contributed by atoms with Crippen molar-refractivity contribution in [2.24, 2.45) is 5.92 Å². The lowest BCUT2D eigenvalue weighted by molar-refractivity contribution is -0.337. The van der Waals surface area contributed by atoms with Gasteiger partial charge in [-0.25, -0.2) is 0 Å². The van der Waals surface area contributed by atoms with Crippen molar-refractivity contribution >= 4 is 5.97 Å². The van der Waals surface area contributed by atoms with Crippen LogP contribution < -0.4 is 4.74 Å². The van der Waals surface area contributed by atoms with Gasteiger partial charge in [-0.15, -0.1) is 0 Å². The Morgan fingerprint density at radius 1 is 1.19 bits per heavy atom. The van der Waals surface area contributed by atoms with Gasteiger partial charge in [0.25, 0.3) is 0 Å². The van der Waals surface area contributed by atoms with Gasteiger partial charge in [0, 0.05) is 18.8 Å². The van der Waals surface area contributed by atoms with Crippen molar-refractivity contribution in [3.8, 4) is 5.75 Å². The number of aliphatic carboxylic acids is 1. The van der Waals surface area contributed by atoms with Crippen LogP contribution in [0.15, 0.2) is 48.6 Å². The van der Waals surface area contributed by atoms with Crippen LogP contribution in [-0.4, -0.2) is 36.2 Å². The topological polar surface area (TPSA) is 65.0 Å². The van der Waals surface area contributed by atoms with Gasteiger partial charge in [-0.05, 0) is 43.9 Å². The Morgan fingerprint density at radius 2 is 2.00 bits per heavy atom. The molecule has 0 amide bonds. The van der Waals surface area contributed by atoms with Gasteiger partial charge in [-0.1, -0.05) is 30.4 Å². The average molecular weight is 440 g/mol. The number of alkyl halides is 3. The molecule has 0 aliphatic carbocycles. The average Bonchev–Trinajstić information content (AvgIpc) is 2.69. The molecule has 3 saturated heterocycles. The number of ether oxygens (including phenoxy) is 3. The second-order valence-electron chi connectivity index (χ2n) is 7.69. The fourth-order valence-corrected chi connectivity index (χ4v) is 3.68. The van der Waals surface area contributed by atoms with Crippen molar-refractivity contribution in [1.82, 2.24) is 0 Å². The maximum Gasteiger partial charge on any atom is 0.416 e. The van der Waals surface area contributed by atoms with E-state index in [1.54, 1.807) is 0 Å². The number of benzene rings is 1. The fraction of sp³-hybridized carbons (Fsp3) is 0.522. The molecular weight excluding hydrogens is 413 g/mol. The van der Waals surface area contributed by atoms with Crippen LogP contribution in [0.2, 0.25) is 0 Å². The molecule has 0 radical (unpaired) electrons. The van der Waals surface area contributed by atoms with Crippen molar-refractivity contribution < 1.29 is 37.3 Å². The maximum atomic E-state index is 12.8. The zero-order valence-corrected chi connectivity index (χ0v) is 17.1. The van der Waals surface area contributed by atoms with Crippen LogP contribution in [0.1, 0.15) is 44.1 Å². The fourth-order valence-electron chi connectivity index (χ4n) is 3.68. The van der Waals surface area contributed by atoms with E-state index in [1.807, 2.05) is 18.2 Å². The Bertz CT molecular complexity index is 784. The second kappa shape index (κ2) is 10.8. The van der Waals surface area contributed by atoms with Gasteiger partial charge >= 0.3 is 12.1 Å². The SMILES string of the molecule is O=C(O)CCC/C=C\C[C@H]1[C@@H]2C[C@@H](O2)O[C@@H]1/C=C/CCOc1cccc(C(F)(F)F)c1. The van der Waals surface area contributed by atoms with Gasteiger partial charge < -0.3 is 19.3 Å². The molecule has 3 heterocycles. The van der Waals surface area contributed by atoms with E-state index >= 15 is 0 Å². The summed E-state index contributed by atoms with van der Waals surface area (Å²) in [5.74, 6) is -0.413. The number of halogens is 3. The molecule has 4 rings (SSSR count). The van der Waals surface area contributed by atoms with Gasteiger partial charge in [0.15, 0.2) is 6.29 Å². The van der Waals surface area contributed by atoms with Crippen LogP contribution in [0, 0.1) is 5.92 Å². The second-order valence-corrected chi connectivity index (χ2v) is 7.69. The van der Waals surface area contributed by atoms with Gasteiger partial charge in [0.1, 0.15) is 5.75 Å². The van der Waals surface area contributed by atoms with Crippen LogP contribution in [-0.2, 0) is 20.4 Å². The number of hydrogen-bond acceptors (Lipinski definition) is 4. The smallest absolute Gasteiger partial charge is 0.416 e. The molecule has 4 atom stereocenters. The number of unbranched alkanes of at least 4 members (excludes halogenated alkanes) is 1. The minimum Gasteiger partial charge on any atom is -0.493 e. The quantitative estimate of drug-likeness (QED) is 0.371. The lowest BCUT2D eigenvalue weighted by Crippen LogP contribution is -2.55. The molecule has 170 valence electrons. The number of carboxylic acids is 1. The molecule has 1 N–H and O–H groups in total. The predicted octanol–water partition coefficient (Wildman–Crippen LogP) is 5.36. The standard InChI is InChI=1S/C23H27F3O5/c24-23(25,26)16-8-7-9-17(14-16)29-13-6-5-11-19-18(20-15-22(30-19)31-20)10-3-1-2-4-12-21(27)28/h1,3,5,7-9,11,14,18-20,22H,2,4,6,10,12-13,15H2,(H,27,28)/b3-1-,11-5+/t18-,19-,20+,22-/m1/s1. The molecule has 0 saturated carbocycles. The summed E-state index contributed by atoms with van der Waals surface area (Å²) in [5, 5.41) is 8.66. The number of carbonyl (C=O) groups is 1. The van der Waals surface area contributed by atoms with Crippen molar-refractivity contribution in [2.45, 2.75) is 63.2 Å². The van der Waals surface area contributed by atoms with E-state index in [4.69, 9.17) is 19.3 Å². The number of hydrogen-bond donors (Lipinski definition) is 1. The number of rotatable bonds is 11. The molecule has 1 aromatic carbocycles. The van der Waals surface area contributed by atoms with Gasteiger partial charge in [-0.2, -0.15) is 13.2 Å². The van der Waals surface area contributed by atoms with Crippen LogP contribution in [0.5, 0.6) is 5.75 Å². The van der Waals surface area contributed by atoms with E-state index in [1.165, 1.54) is 12.1 Å². The third-order valence-corrected chi connectivity index (χ3v) is 5.34. The molecule has 3 aliphatic heterocycles. The van der Waals surface area contributed by atoms with Gasteiger partial charge in [0.2, 0.25) is 0 Å². The van der Waals surface area contributed by atoms with E-state index in [0.29, 0.717) is 12.8 Å². The Kier molecular flexibility index (Phi) is 8.15. The highest BCUT2D eigenvalue weighted by atomic mass is 19.4. The molecular formula is C23H27F3O5. The molecule has 5 nitrogen and oxygen atoms in total. The summed E-state index contributed by atoms with van der Waals surface area (Å²) in [6.07, 6.45) is 7.15. The van der Waals surface area contributed by atoms with Crippen molar-refractivity contribution in [1.29, 1.82) is 0 Å². The summed E-state index contributed by atoms with van der Waals surface area (Å²) in [7, 11) is 0. The molecule has 3 fully saturated rings. The molecule has 31 heavy (non-hydrogen) atoms. The highest BCUT2D eigenvalue weighted by Gasteiger charge is 2.46. The summed E-state index contributed by atoms with van der Waals surface area (Å²) >= 11 is 0. The van der Waals surface area contributed by atoms with Crippen molar-refractivity contribution in [2.75, 3.05) is 6.61 Å². The first kappa shape index (κ1) is 23.3. The Balaban J connectivity index is 1.42. The largest absolute Gasteiger partial charge is 0.493 e. The summed E-state index contributed by atoms with van der Waals surface area (Å²) in [5.41, 5.74) is -0.728. The Hall–Kier alpha value is -2.32. The number of fused-ring (bicyclic) bond motifs is 2. The van der Waals surface area contributed by atoms with E-state index < -0.39 is 17.7 Å². The van der Waals surface area contributed by atoms with Gasteiger partial charge in [-0.3, -0.25) is 4.79 Å². The summed E-state index contributed by atoms with van der Waals surface area (Å²) in [6, 6.07) is 4.85. The molecule has 3 aliphatic rings. The molecule has 1 aromatic rings. The normalized spacial score (nSPS) is 25.6. The first-order valence-corrected chi connectivity index (χ1v) is 10.5. The van der Waals surface area contributed by atoms with Crippen LogP contribution in [0.25, 0.3) is 0 Å². The molecule has 0 aromatic heterocycles. The third-order valence-electron chi connectivity index (χ3n) is 5.34. The van der Waals surface area contributed by atoms with E-state index in [9.17, 15) is 18.0 Å². The molecule has 8 heteroatoms. The van der Waals surface area contributed by atoms with Crippen LogP contribution in [0.4, 0.5) is 13.2 Å². The number of allylic oxidation sites excluding steroid dienone is 2. The molecule has 0 spiro atoms. The predicted molar refractivity (Wildman–Crippen MR) is 108 cm³/mol. The zero-order chi connectivity index (χ0) is 22.3. The van der Waals surface area contributed by atoms with E-state index in [-0.39, 0.29) is 43.2 Å². The van der Waals surface area contributed by atoms with E-state index in [0.717, 1.165) is 31.4 Å². The third kappa shape index (κ3) is 7.11. The summed E-state index contributed by atoms with van der Waals surface area (Å²) in [6.45, 7) is 0.266. The van der Waals surface area contributed by atoms with Crippen molar-refractivity contribution in [3.63, 3.8) is 0 Å². The molecule has 2 bridgehead atoms. The first-order valence-electron chi connectivity index (χ1n) is 10.5. The highest BCUT2D eigenvalue weighted by Crippen LogP contribution is 2.40. The van der Waals surface area contributed by atoms with Crippen LogP contribution in [0.3, 0.4) is 0 Å².